The minimum atomic E-state index is -3.87. The summed E-state index contributed by atoms with van der Waals surface area (Å²) in [5, 5.41) is 19.9. The molecular weight excluding hydrogens is 430 g/mol. The lowest BCUT2D eigenvalue weighted by molar-refractivity contribution is -0.114. The lowest BCUT2D eigenvalue weighted by Crippen LogP contribution is -2.30. The molecule has 3 rings (SSSR count). The van der Waals surface area contributed by atoms with Crippen LogP contribution < -0.4 is 21.1 Å². The van der Waals surface area contributed by atoms with E-state index in [1.807, 2.05) is 0 Å². The van der Waals surface area contributed by atoms with Crippen LogP contribution in [-0.2, 0) is 14.8 Å². The zero-order valence-electron chi connectivity index (χ0n) is 17.3. The Labute approximate surface area is 186 Å². The van der Waals surface area contributed by atoms with Gasteiger partial charge in [0, 0.05) is 29.5 Å². The van der Waals surface area contributed by atoms with E-state index in [0.29, 0.717) is 22.4 Å². The normalized spacial score (nSPS) is 11.8. The Hall–Kier alpha value is -3.89. The third kappa shape index (κ3) is 5.42. The number of hydrogen-bond acceptors (Lipinski definition) is 6. The molecule has 0 atom stereocenters. The molecule has 3 aromatic carbocycles. The van der Waals surface area contributed by atoms with Gasteiger partial charge in [0.25, 0.3) is 0 Å². The van der Waals surface area contributed by atoms with E-state index in [0.717, 1.165) is 5.69 Å². The van der Waals surface area contributed by atoms with Crippen LogP contribution in [-0.4, -0.2) is 39.0 Å². The fourth-order valence-electron chi connectivity index (χ4n) is 3.15. The number of anilines is 2. The van der Waals surface area contributed by atoms with Gasteiger partial charge in [-0.25, -0.2) is 13.6 Å². The maximum atomic E-state index is 12.5. The fourth-order valence-corrected chi connectivity index (χ4v) is 3.91. The van der Waals surface area contributed by atoms with Crippen molar-refractivity contribution < 1.29 is 18.4 Å². The zero-order chi connectivity index (χ0) is 23.3. The summed E-state index contributed by atoms with van der Waals surface area (Å²) in [5.74, 6) is -0.270. The number of carbonyl (C=O) groups is 1. The van der Waals surface area contributed by atoms with Gasteiger partial charge in [-0.3, -0.25) is 4.79 Å². The minimum Gasteiger partial charge on any atom is -0.409 e. The number of carbonyl (C=O) groups excluding carboxylic acids is 1. The van der Waals surface area contributed by atoms with E-state index in [-0.39, 0.29) is 23.2 Å². The first-order chi connectivity index (χ1) is 15.2. The SMILES string of the molecule is CN(CC(=O)Nc1ccc(-c2ccccc2S(N)(=O)=O)cc1)c1cccc(C(N)=NO)c1. The minimum absolute atomic E-state index is 0.0196. The van der Waals surface area contributed by atoms with E-state index in [9.17, 15) is 13.2 Å². The van der Waals surface area contributed by atoms with Crippen molar-refractivity contribution in [2.24, 2.45) is 16.0 Å². The summed E-state index contributed by atoms with van der Waals surface area (Å²) in [7, 11) is -2.12. The Bertz CT molecular complexity index is 1260. The van der Waals surface area contributed by atoms with Crippen molar-refractivity contribution in [3.05, 3.63) is 78.4 Å². The molecule has 3 aromatic rings. The predicted octanol–water partition coefficient (Wildman–Crippen LogP) is 2.17. The summed E-state index contributed by atoms with van der Waals surface area (Å²) in [6.07, 6.45) is 0. The van der Waals surface area contributed by atoms with Crippen LogP contribution in [0.15, 0.2) is 82.8 Å². The second-order valence-corrected chi connectivity index (χ2v) is 8.59. The lowest BCUT2D eigenvalue weighted by Gasteiger charge is -2.19. The highest BCUT2D eigenvalue weighted by Crippen LogP contribution is 2.27. The first-order valence-electron chi connectivity index (χ1n) is 9.50. The fraction of sp³-hybridized carbons (Fsp3) is 0.0909. The highest BCUT2D eigenvalue weighted by atomic mass is 32.2. The number of nitrogens with zero attached hydrogens (tertiary/aromatic N) is 2. The molecule has 10 heteroatoms. The first kappa shape index (κ1) is 22.8. The van der Waals surface area contributed by atoms with Crippen molar-refractivity contribution in [2.45, 2.75) is 4.90 Å². The molecule has 0 saturated heterocycles. The topological polar surface area (TPSA) is 151 Å². The summed E-state index contributed by atoms with van der Waals surface area (Å²) in [6, 6.07) is 20.2. The van der Waals surface area contributed by atoms with Crippen molar-refractivity contribution in [1.29, 1.82) is 0 Å². The Balaban J connectivity index is 1.70. The van der Waals surface area contributed by atoms with E-state index in [4.69, 9.17) is 16.1 Å². The molecule has 0 unspecified atom stereocenters. The van der Waals surface area contributed by atoms with Gasteiger partial charge in [-0.15, -0.1) is 0 Å². The van der Waals surface area contributed by atoms with Crippen molar-refractivity contribution in [3.8, 4) is 11.1 Å². The molecule has 9 nitrogen and oxygen atoms in total. The van der Waals surface area contributed by atoms with Crippen LogP contribution in [0.4, 0.5) is 11.4 Å². The van der Waals surface area contributed by atoms with Crippen molar-refractivity contribution in [1.82, 2.24) is 0 Å². The Morgan fingerprint density at radius 1 is 1.06 bits per heavy atom. The Kier molecular flexibility index (Phi) is 6.76. The van der Waals surface area contributed by atoms with Gasteiger partial charge >= 0.3 is 0 Å². The van der Waals surface area contributed by atoms with Gasteiger partial charge in [0.1, 0.15) is 0 Å². The van der Waals surface area contributed by atoms with Gasteiger partial charge in [-0.2, -0.15) is 0 Å². The quantitative estimate of drug-likeness (QED) is 0.186. The largest absolute Gasteiger partial charge is 0.409 e. The average Bonchev–Trinajstić information content (AvgIpc) is 2.78. The number of likely N-dealkylation sites (N-methyl/N-ethyl adjacent to an activating group) is 1. The summed E-state index contributed by atoms with van der Waals surface area (Å²) in [6.45, 7) is 0.0651. The lowest BCUT2D eigenvalue weighted by atomic mass is 10.1. The highest BCUT2D eigenvalue weighted by Gasteiger charge is 2.15. The molecule has 32 heavy (non-hydrogen) atoms. The molecular formula is C22H23N5O4S. The zero-order valence-corrected chi connectivity index (χ0v) is 18.1. The monoisotopic (exact) mass is 453 g/mol. The van der Waals surface area contributed by atoms with Crippen LogP contribution in [0.1, 0.15) is 5.56 Å². The molecule has 0 heterocycles. The number of nitrogens with two attached hydrogens (primary N) is 2. The summed E-state index contributed by atoms with van der Waals surface area (Å²) in [5.41, 5.74) is 8.57. The molecule has 0 aliphatic rings. The van der Waals surface area contributed by atoms with Gasteiger partial charge in [0.2, 0.25) is 15.9 Å². The summed E-state index contributed by atoms with van der Waals surface area (Å²) < 4.78 is 23.6. The number of primary sulfonamides is 1. The molecule has 0 radical (unpaired) electrons. The van der Waals surface area contributed by atoms with Crippen LogP contribution in [0.2, 0.25) is 0 Å². The van der Waals surface area contributed by atoms with E-state index >= 15 is 0 Å². The molecule has 0 bridgehead atoms. The summed E-state index contributed by atoms with van der Waals surface area (Å²) >= 11 is 0. The molecule has 0 fully saturated rings. The van der Waals surface area contributed by atoms with Crippen LogP contribution >= 0.6 is 0 Å². The van der Waals surface area contributed by atoms with Gasteiger partial charge in [-0.1, -0.05) is 47.6 Å². The molecule has 0 saturated carbocycles. The van der Waals surface area contributed by atoms with Crippen LogP contribution in [0, 0.1) is 0 Å². The standard InChI is InChI=1S/C22H23N5O4S/c1-27(18-6-4-5-16(13-18)22(23)26-29)14-21(28)25-17-11-9-15(10-12-17)19-7-2-3-8-20(19)32(24,30)31/h2-13,29H,14H2,1H3,(H2,23,26)(H,25,28)(H2,24,30,31). The third-order valence-electron chi connectivity index (χ3n) is 4.74. The number of hydrogen-bond donors (Lipinski definition) is 4. The smallest absolute Gasteiger partial charge is 0.243 e. The van der Waals surface area contributed by atoms with Crippen molar-refractivity contribution in [2.75, 3.05) is 23.8 Å². The molecule has 0 aliphatic carbocycles. The van der Waals surface area contributed by atoms with E-state index < -0.39 is 10.0 Å². The van der Waals surface area contributed by atoms with Crippen LogP contribution in [0.25, 0.3) is 11.1 Å². The maximum absolute atomic E-state index is 12.5. The number of oxime groups is 1. The van der Waals surface area contributed by atoms with E-state index in [2.05, 4.69) is 10.5 Å². The van der Waals surface area contributed by atoms with Crippen LogP contribution in [0.3, 0.4) is 0 Å². The summed E-state index contributed by atoms with van der Waals surface area (Å²) in [4.78, 5) is 14.2. The third-order valence-corrected chi connectivity index (χ3v) is 5.71. The van der Waals surface area contributed by atoms with Gasteiger partial charge in [0.05, 0.1) is 11.4 Å². The molecule has 0 spiro atoms. The molecule has 0 aliphatic heterocycles. The number of amidine groups is 1. The Morgan fingerprint density at radius 2 is 1.75 bits per heavy atom. The Morgan fingerprint density at radius 3 is 2.41 bits per heavy atom. The first-order valence-corrected chi connectivity index (χ1v) is 11.0. The van der Waals surface area contributed by atoms with E-state index in [1.54, 1.807) is 78.7 Å². The van der Waals surface area contributed by atoms with E-state index in [1.165, 1.54) is 6.07 Å². The number of benzene rings is 3. The second kappa shape index (κ2) is 9.50. The number of nitrogens with one attached hydrogen (secondary N) is 1. The van der Waals surface area contributed by atoms with Crippen molar-refractivity contribution in [3.63, 3.8) is 0 Å². The number of sulfonamides is 1. The molecule has 1 amide bonds. The van der Waals surface area contributed by atoms with Crippen LogP contribution in [0.5, 0.6) is 0 Å². The molecule has 0 aromatic heterocycles. The number of rotatable bonds is 7. The molecule has 6 N–H and O–H groups in total. The second-order valence-electron chi connectivity index (χ2n) is 7.06. The average molecular weight is 454 g/mol. The maximum Gasteiger partial charge on any atom is 0.243 e. The number of amides is 1. The highest BCUT2D eigenvalue weighted by molar-refractivity contribution is 7.89. The van der Waals surface area contributed by atoms with Gasteiger partial charge in [0.15, 0.2) is 5.84 Å². The van der Waals surface area contributed by atoms with Crippen molar-refractivity contribution >= 4 is 33.1 Å². The predicted molar refractivity (Wildman–Crippen MR) is 124 cm³/mol. The molecule has 166 valence electrons. The van der Waals surface area contributed by atoms with Gasteiger partial charge < -0.3 is 21.2 Å². The van der Waals surface area contributed by atoms with Gasteiger partial charge in [-0.05, 0) is 35.9 Å².